The third-order valence-corrected chi connectivity index (χ3v) is 2.67. The lowest BCUT2D eigenvalue weighted by molar-refractivity contribution is -0.385. The van der Waals surface area contributed by atoms with Gasteiger partial charge in [0.05, 0.1) is 4.92 Å². The SMILES string of the molecule is CCCCOCCCNc1ccc([N+](=O)[O-])c(C)n1. The van der Waals surface area contributed by atoms with Gasteiger partial charge in [-0.25, -0.2) is 4.98 Å². The van der Waals surface area contributed by atoms with Crippen LogP contribution in [0.2, 0.25) is 0 Å². The molecule has 0 aromatic carbocycles. The number of nitro groups is 1. The normalized spacial score (nSPS) is 10.4. The minimum Gasteiger partial charge on any atom is -0.381 e. The molecule has 0 saturated carbocycles. The average molecular weight is 267 g/mol. The lowest BCUT2D eigenvalue weighted by Crippen LogP contribution is -2.08. The number of nitrogens with zero attached hydrogens (tertiary/aromatic N) is 2. The number of hydrogen-bond acceptors (Lipinski definition) is 5. The predicted octanol–water partition coefficient (Wildman–Crippen LogP) is 2.92. The van der Waals surface area contributed by atoms with Gasteiger partial charge in [-0.15, -0.1) is 0 Å². The Morgan fingerprint density at radius 1 is 1.37 bits per heavy atom. The summed E-state index contributed by atoms with van der Waals surface area (Å²) in [5.74, 6) is 0.664. The Balaban J connectivity index is 2.26. The molecular formula is C13H21N3O3. The zero-order valence-corrected chi connectivity index (χ0v) is 11.5. The fourth-order valence-electron chi connectivity index (χ4n) is 1.58. The molecule has 0 aliphatic heterocycles. The van der Waals surface area contributed by atoms with E-state index in [4.69, 9.17) is 4.74 Å². The minimum atomic E-state index is -0.423. The number of aryl methyl sites for hydroxylation is 1. The van der Waals surface area contributed by atoms with E-state index in [1.54, 1.807) is 13.0 Å². The fraction of sp³-hybridized carbons (Fsp3) is 0.615. The number of hydrogen-bond donors (Lipinski definition) is 1. The van der Waals surface area contributed by atoms with Crippen LogP contribution >= 0.6 is 0 Å². The van der Waals surface area contributed by atoms with Crippen molar-refractivity contribution in [2.75, 3.05) is 25.1 Å². The molecule has 6 nitrogen and oxygen atoms in total. The van der Waals surface area contributed by atoms with Crippen LogP contribution in [0.5, 0.6) is 0 Å². The second-order valence-corrected chi connectivity index (χ2v) is 4.30. The van der Waals surface area contributed by atoms with E-state index in [0.717, 1.165) is 39.0 Å². The van der Waals surface area contributed by atoms with Gasteiger partial charge in [-0.05, 0) is 25.8 Å². The van der Waals surface area contributed by atoms with Crippen LogP contribution < -0.4 is 5.32 Å². The highest BCUT2D eigenvalue weighted by Crippen LogP contribution is 2.17. The standard InChI is InChI=1S/C13H21N3O3/c1-3-4-9-19-10-5-8-14-13-7-6-12(16(17)18)11(2)15-13/h6-7H,3-5,8-10H2,1-2H3,(H,14,15). The molecule has 0 bridgehead atoms. The Morgan fingerprint density at radius 2 is 2.11 bits per heavy atom. The summed E-state index contributed by atoms with van der Waals surface area (Å²) in [6.45, 7) is 6.05. The molecule has 0 unspecified atom stereocenters. The van der Waals surface area contributed by atoms with E-state index in [0.29, 0.717) is 11.5 Å². The summed E-state index contributed by atoms with van der Waals surface area (Å²) in [4.78, 5) is 14.4. The van der Waals surface area contributed by atoms with Crippen molar-refractivity contribution < 1.29 is 9.66 Å². The highest BCUT2D eigenvalue weighted by molar-refractivity contribution is 5.44. The summed E-state index contributed by atoms with van der Waals surface area (Å²) in [6.07, 6.45) is 3.13. The zero-order valence-electron chi connectivity index (χ0n) is 11.5. The number of rotatable bonds is 9. The van der Waals surface area contributed by atoms with Gasteiger partial charge >= 0.3 is 0 Å². The van der Waals surface area contributed by atoms with Gasteiger partial charge in [0, 0.05) is 25.8 Å². The van der Waals surface area contributed by atoms with Crippen molar-refractivity contribution in [1.29, 1.82) is 0 Å². The molecule has 0 aliphatic carbocycles. The Hall–Kier alpha value is -1.69. The van der Waals surface area contributed by atoms with Crippen LogP contribution in [0.15, 0.2) is 12.1 Å². The molecule has 0 saturated heterocycles. The molecule has 6 heteroatoms. The molecule has 0 radical (unpaired) electrons. The molecule has 19 heavy (non-hydrogen) atoms. The number of unbranched alkanes of at least 4 members (excludes halogenated alkanes) is 1. The van der Waals surface area contributed by atoms with E-state index in [2.05, 4.69) is 17.2 Å². The molecular weight excluding hydrogens is 246 g/mol. The summed E-state index contributed by atoms with van der Waals surface area (Å²) in [5.41, 5.74) is 0.475. The largest absolute Gasteiger partial charge is 0.381 e. The summed E-state index contributed by atoms with van der Waals surface area (Å²) in [7, 11) is 0. The van der Waals surface area contributed by atoms with Crippen LogP contribution in [0.3, 0.4) is 0 Å². The number of nitrogens with one attached hydrogen (secondary N) is 1. The fourth-order valence-corrected chi connectivity index (χ4v) is 1.58. The summed E-state index contributed by atoms with van der Waals surface area (Å²) in [6, 6.07) is 3.10. The number of anilines is 1. The molecule has 1 N–H and O–H groups in total. The topological polar surface area (TPSA) is 77.3 Å². The quantitative estimate of drug-likeness (QED) is 0.423. The van der Waals surface area contributed by atoms with Crippen molar-refractivity contribution in [2.45, 2.75) is 33.1 Å². The first kappa shape index (κ1) is 15.4. The summed E-state index contributed by atoms with van der Waals surface area (Å²) in [5, 5.41) is 13.8. The molecule has 0 aliphatic rings. The lowest BCUT2D eigenvalue weighted by Gasteiger charge is -2.07. The van der Waals surface area contributed by atoms with Crippen molar-refractivity contribution >= 4 is 11.5 Å². The van der Waals surface area contributed by atoms with E-state index in [9.17, 15) is 10.1 Å². The van der Waals surface area contributed by atoms with E-state index in [1.165, 1.54) is 6.07 Å². The third-order valence-electron chi connectivity index (χ3n) is 2.67. The van der Waals surface area contributed by atoms with Gasteiger partial charge < -0.3 is 10.1 Å². The number of pyridine rings is 1. The molecule has 0 spiro atoms. The van der Waals surface area contributed by atoms with Crippen LogP contribution in [0.25, 0.3) is 0 Å². The van der Waals surface area contributed by atoms with Gasteiger partial charge in [-0.3, -0.25) is 10.1 Å². The number of ether oxygens (including phenoxy) is 1. The zero-order chi connectivity index (χ0) is 14.1. The first-order chi connectivity index (χ1) is 9.15. The highest BCUT2D eigenvalue weighted by atomic mass is 16.6. The first-order valence-corrected chi connectivity index (χ1v) is 6.58. The van der Waals surface area contributed by atoms with E-state index < -0.39 is 4.92 Å². The molecule has 1 aromatic rings. The van der Waals surface area contributed by atoms with E-state index in [-0.39, 0.29) is 5.69 Å². The van der Waals surface area contributed by atoms with Crippen molar-refractivity contribution in [3.63, 3.8) is 0 Å². The van der Waals surface area contributed by atoms with Crippen LogP contribution in [-0.4, -0.2) is 29.7 Å². The maximum absolute atomic E-state index is 10.6. The van der Waals surface area contributed by atoms with Gasteiger partial charge in [0.15, 0.2) is 0 Å². The van der Waals surface area contributed by atoms with Gasteiger partial charge in [0.25, 0.3) is 5.69 Å². The molecule has 106 valence electrons. The second-order valence-electron chi connectivity index (χ2n) is 4.30. The van der Waals surface area contributed by atoms with Crippen LogP contribution in [-0.2, 0) is 4.74 Å². The Bertz CT molecular complexity index is 410. The van der Waals surface area contributed by atoms with Crippen molar-refractivity contribution in [2.24, 2.45) is 0 Å². The van der Waals surface area contributed by atoms with E-state index in [1.807, 2.05) is 0 Å². The Kier molecular flexibility index (Phi) is 6.81. The molecule has 0 amide bonds. The van der Waals surface area contributed by atoms with Gasteiger partial charge in [0.1, 0.15) is 11.5 Å². The van der Waals surface area contributed by atoms with Crippen molar-refractivity contribution in [3.05, 3.63) is 27.9 Å². The summed E-state index contributed by atoms with van der Waals surface area (Å²) >= 11 is 0. The Labute approximate surface area is 113 Å². The third kappa shape index (κ3) is 5.65. The molecule has 1 rings (SSSR count). The molecule has 0 fully saturated rings. The van der Waals surface area contributed by atoms with Crippen LogP contribution in [0, 0.1) is 17.0 Å². The van der Waals surface area contributed by atoms with Crippen molar-refractivity contribution in [1.82, 2.24) is 4.98 Å². The Morgan fingerprint density at radius 3 is 2.74 bits per heavy atom. The van der Waals surface area contributed by atoms with Gasteiger partial charge in [-0.2, -0.15) is 0 Å². The predicted molar refractivity (Wildman–Crippen MR) is 74.5 cm³/mol. The summed E-state index contributed by atoms with van der Waals surface area (Å²) < 4.78 is 5.44. The maximum atomic E-state index is 10.6. The lowest BCUT2D eigenvalue weighted by atomic mass is 10.3. The molecule has 0 atom stereocenters. The molecule has 1 aromatic heterocycles. The minimum absolute atomic E-state index is 0.0495. The average Bonchev–Trinajstić information content (AvgIpc) is 2.37. The highest BCUT2D eigenvalue weighted by Gasteiger charge is 2.11. The first-order valence-electron chi connectivity index (χ1n) is 6.58. The van der Waals surface area contributed by atoms with E-state index >= 15 is 0 Å². The maximum Gasteiger partial charge on any atom is 0.290 e. The monoisotopic (exact) mass is 267 g/mol. The smallest absolute Gasteiger partial charge is 0.290 e. The second kappa shape index (κ2) is 8.42. The van der Waals surface area contributed by atoms with Crippen LogP contribution in [0.1, 0.15) is 31.9 Å². The van der Waals surface area contributed by atoms with Crippen molar-refractivity contribution in [3.8, 4) is 0 Å². The van der Waals surface area contributed by atoms with Gasteiger partial charge in [0.2, 0.25) is 0 Å². The molecule has 1 heterocycles. The van der Waals surface area contributed by atoms with Gasteiger partial charge in [-0.1, -0.05) is 13.3 Å². The number of aromatic nitrogens is 1. The van der Waals surface area contributed by atoms with Crippen LogP contribution in [0.4, 0.5) is 11.5 Å².